The van der Waals surface area contributed by atoms with Gasteiger partial charge in [0.15, 0.2) is 0 Å². The number of likely N-dealkylation sites (tertiary alicyclic amines) is 1. The van der Waals surface area contributed by atoms with Gasteiger partial charge in [-0.25, -0.2) is 0 Å². The maximum Gasteiger partial charge on any atom is 0.271 e. The number of carbonyl (C=O) groups is 2. The molecule has 0 bridgehead atoms. The van der Waals surface area contributed by atoms with Crippen LogP contribution in [0.1, 0.15) is 43.1 Å². The second-order valence-electron chi connectivity index (χ2n) is 7.04. The Morgan fingerprint density at radius 3 is 2.62 bits per heavy atom. The Morgan fingerprint density at radius 2 is 1.96 bits per heavy atom. The van der Waals surface area contributed by atoms with Gasteiger partial charge in [0.2, 0.25) is 5.91 Å². The van der Waals surface area contributed by atoms with Gasteiger partial charge in [-0.05, 0) is 25.3 Å². The molecule has 5 nitrogen and oxygen atoms in total. The Bertz CT molecular complexity index is 793. The highest BCUT2D eigenvalue weighted by Gasteiger charge is 2.30. The average molecular weight is 376 g/mol. The van der Waals surface area contributed by atoms with Crippen LogP contribution in [0.25, 0.3) is 10.9 Å². The molecular formula is C20H26ClN3O2. The fourth-order valence-corrected chi connectivity index (χ4v) is 3.85. The number of nitrogens with zero attached hydrogens (tertiary/aromatic N) is 2. The first-order valence-electron chi connectivity index (χ1n) is 9.33. The lowest BCUT2D eigenvalue weighted by molar-refractivity contribution is -0.135. The molecule has 6 heteroatoms. The summed E-state index contributed by atoms with van der Waals surface area (Å²) in [5, 5.41) is 1.34. The molecule has 0 unspecified atom stereocenters. The first-order valence-corrected chi connectivity index (χ1v) is 9.71. The van der Waals surface area contributed by atoms with Crippen molar-refractivity contribution >= 4 is 34.3 Å². The molecule has 2 aromatic rings. The standard InChI is InChI=1S/C20H26ClN3O2/c1-3-4-11-23(2)19(25)14-9-12-24(13-10-14)20(26)18-17(21)15-7-5-6-8-16(15)22-18/h5-8,14,22H,3-4,9-13H2,1-2H3. The Balaban J connectivity index is 1.63. The number of hydrogen-bond donors (Lipinski definition) is 1. The number of unbranched alkanes of at least 4 members (excludes halogenated alkanes) is 1. The van der Waals surface area contributed by atoms with Gasteiger partial charge in [0.25, 0.3) is 5.91 Å². The van der Waals surface area contributed by atoms with Gasteiger partial charge >= 0.3 is 0 Å². The molecule has 140 valence electrons. The summed E-state index contributed by atoms with van der Waals surface area (Å²) in [7, 11) is 1.87. The molecule has 1 aliphatic rings. The van der Waals surface area contributed by atoms with E-state index in [4.69, 9.17) is 11.6 Å². The summed E-state index contributed by atoms with van der Waals surface area (Å²) in [5.74, 6) is 0.129. The van der Waals surface area contributed by atoms with E-state index in [1.807, 2.05) is 36.2 Å². The van der Waals surface area contributed by atoms with Crippen LogP contribution in [-0.4, -0.2) is 53.3 Å². The van der Waals surface area contributed by atoms with E-state index in [1.54, 1.807) is 4.90 Å². The fraction of sp³-hybridized carbons (Fsp3) is 0.500. The molecule has 1 aliphatic heterocycles. The molecule has 0 atom stereocenters. The largest absolute Gasteiger partial charge is 0.349 e. The van der Waals surface area contributed by atoms with Crippen LogP contribution >= 0.6 is 11.6 Å². The third kappa shape index (κ3) is 3.73. The van der Waals surface area contributed by atoms with E-state index in [0.717, 1.165) is 30.3 Å². The number of nitrogens with one attached hydrogen (secondary N) is 1. The van der Waals surface area contributed by atoms with Crippen LogP contribution < -0.4 is 0 Å². The van der Waals surface area contributed by atoms with Crippen LogP contribution in [0, 0.1) is 5.92 Å². The van der Waals surface area contributed by atoms with Crippen LogP contribution in [0.4, 0.5) is 0 Å². The summed E-state index contributed by atoms with van der Waals surface area (Å²) < 4.78 is 0. The maximum atomic E-state index is 12.9. The number of hydrogen-bond acceptors (Lipinski definition) is 2. The number of piperidine rings is 1. The van der Waals surface area contributed by atoms with Crippen molar-refractivity contribution in [3.63, 3.8) is 0 Å². The average Bonchev–Trinajstić information content (AvgIpc) is 3.02. The molecule has 0 aliphatic carbocycles. The third-order valence-corrected chi connectivity index (χ3v) is 5.60. The van der Waals surface area contributed by atoms with Crippen molar-refractivity contribution in [2.24, 2.45) is 5.92 Å². The Hall–Kier alpha value is -2.01. The number of para-hydroxylation sites is 1. The number of benzene rings is 1. The predicted molar refractivity (Wildman–Crippen MR) is 104 cm³/mol. The van der Waals surface area contributed by atoms with Crippen LogP contribution in [0.3, 0.4) is 0 Å². The number of amides is 2. The van der Waals surface area contributed by atoms with Gasteiger partial charge in [-0.1, -0.05) is 43.1 Å². The summed E-state index contributed by atoms with van der Waals surface area (Å²) in [5.41, 5.74) is 1.31. The van der Waals surface area contributed by atoms with Gasteiger partial charge < -0.3 is 14.8 Å². The number of H-pyrrole nitrogens is 1. The van der Waals surface area contributed by atoms with Gasteiger partial charge in [-0.2, -0.15) is 0 Å². The topological polar surface area (TPSA) is 56.4 Å². The van der Waals surface area contributed by atoms with Gasteiger partial charge in [-0.3, -0.25) is 9.59 Å². The minimum Gasteiger partial charge on any atom is -0.349 e. The monoisotopic (exact) mass is 375 g/mol. The second kappa shape index (κ2) is 8.12. The van der Waals surface area contributed by atoms with E-state index < -0.39 is 0 Å². The van der Waals surface area contributed by atoms with E-state index >= 15 is 0 Å². The zero-order valence-corrected chi connectivity index (χ0v) is 16.2. The van der Waals surface area contributed by atoms with E-state index in [0.29, 0.717) is 36.6 Å². The Morgan fingerprint density at radius 1 is 1.27 bits per heavy atom. The molecule has 1 saturated heterocycles. The molecule has 0 radical (unpaired) electrons. The SMILES string of the molecule is CCCCN(C)C(=O)C1CCN(C(=O)c2[nH]c3ccccc3c2Cl)CC1. The highest BCUT2D eigenvalue weighted by Crippen LogP contribution is 2.29. The molecule has 3 rings (SSSR count). The summed E-state index contributed by atoms with van der Waals surface area (Å²) in [6, 6.07) is 7.63. The van der Waals surface area contributed by atoms with E-state index in [1.165, 1.54) is 0 Å². The third-order valence-electron chi connectivity index (χ3n) is 5.21. The molecule has 1 fully saturated rings. The number of carbonyl (C=O) groups excluding carboxylic acids is 2. The normalized spacial score (nSPS) is 15.4. The van der Waals surface area contributed by atoms with Crippen LogP contribution in [0.2, 0.25) is 5.02 Å². The van der Waals surface area contributed by atoms with Crippen molar-refractivity contribution in [1.29, 1.82) is 0 Å². The van der Waals surface area contributed by atoms with Crippen molar-refractivity contribution in [2.75, 3.05) is 26.7 Å². The predicted octanol–water partition coefficient (Wildman–Crippen LogP) is 3.93. The van der Waals surface area contributed by atoms with E-state index in [2.05, 4.69) is 11.9 Å². The van der Waals surface area contributed by atoms with Gasteiger partial charge in [0.1, 0.15) is 5.69 Å². The molecule has 0 saturated carbocycles. The van der Waals surface area contributed by atoms with Crippen molar-refractivity contribution < 1.29 is 9.59 Å². The summed E-state index contributed by atoms with van der Waals surface area (Å²) in [6.45, 7) is 4.10. The molecule has 2 amide bonds. The first kappa shape index (κ1) is 18.8. The van der Waals surface area contributed by atoms with Crippen molar-refractivity contribution in [1.82, 2.24) is 14.8 Å². The highest BCUT2D eigenvalue weighted by molar-refractivity contribution is 6.38. The lowest BCUT2D eigenvalue weighted by Crippen LogP contribution is -2.43. The smallest absolute Gasteiger partial charge is 0.271 e. The highest BCUT2D eigenvalue weighted by atomic mass is 35.5. The zero-order chi connectivity index (χ0) is 18.7. The molecule has 0 spiro atoms. The molecule has 2 heterocycles. The second-order valence-corrected chi connectivity index (χ2v) is 7.42. The minimum absolute atomic E-state index is 0.0130. The number of aromatic nitrogens is 1. The molecule has 1 N–H and O–H groups in total. The minimum atomic E-state index is -0.0866. The van der Waals surface area contributed by atoms with Gasteiger partial charge in [-0.15, -0.1) is 0 Å². The fourth-order valence-electron chi connectivity index (χ4n) is 3.56. The molecular weight excluding hydrogens is 350 g/mol. The summed E-state index contributed by atoms with van der Waals surface area (Å²) >= 11 is 6.40. The van der Waals surface area contributed by atoms with Crippen LogP contribution in [0.5, 0.6) is 0 Å². The quantitative estimate of drug-likeness (QED) is 0.860. The maximum absolute atomic E-state index is 12.9. The molecule has 1 aromatic carbocycles. The Labute approximate surface area is 159 Å². The van der Waals surface area contributed by atoms with Crippen LogP contribution in [-0.2, 0) is 4.79 Å². The molecule has 26 heavy (non-hydrogen) atoms. The van der Waals surface area contributed by atoms with E-state index in [9.17, 15) is 9.59 Å². The lowest BCUT2D eigenvalue weighted by atomic mass is 9.95. The van der Waals surface area contributed by atoms with E-state index in [-0.39, 0.29) is 17.7 Å². The number of halogens is 1. The summed E-state index contributed by atoms with van der Waals surface area (Å²) in [6.07, 6.45) is 3.52. The zero-order valence-electron chi connectivity index (χ0n) is 15.4. The lowest BCUT2D eigenvalue weighted by Gasteiger charge is -2.33. The van der Waals surface area contributed by atoms with Gasteiger partial charge in [0.05, 0.1) is 5.02 Å². The molecule has 1 aromatic heterocycles. The van der Waals surface area contributed by atoms with Gasteiger partial charge in [0, 0.05) is 43.5 Å². The Kier molecular flexibility index (Phi) is 5.87. The number of fused-ring (bicyclic) bond motifs is 1. The number of aromatic amines is 1. The van der Waals surface area contributed by atoms with Crippen molar-refractivity contribution in [3.8, 4) is 0 Å². The van der Waals surface area contributed by atoms with Crippen LogP contribution in [0.15, 0.2) is 24.3 Å². The first-order chi connectivity index (χ1) is 12.5. The number of rotatable bonds is 5. The van der Waals surface area contributed by atoms with Crippen molar-refractivity contribution in [3.05, 3.63) is 35.0 Å². The van der Waals surface area contributed by atoms with Crippen molar-refractivity contribution in [2.45, 2.75) is 32.6 Å². The summed E-state index contributed by atoms with van der Waals surface area (Å²) in [4.78, 5) is 32.1.